The number of hydrogen-bond acceptors (Lipinski definition) is 8. The van der Waals surface area contributed by atoms with Crippen molar-refractivity contribution in [3.05, 3.63) is 46.9 Å². The highest BCUT2D eigenvalue weighted by atomic mass is 32.2. The molecular weight excluding hydrogens is 526 g/mol. The summed E-state index contributed by atoms with van der Waals surface area (Å²) in [6.07, 6.45) is 2.98. The summed E-state index contributed by atoms with van der Waals surface area (Å²) in [5, 5.41) is 27.2. The Morgan fingerprint density at radius 2 is 1.74 bits per heavy atom. The predicted octanol–water partition coefficient (Wildman–Crippen LogP) is 3.13. The molecule has 3 rings (SSSR count). The summed E-state index contributed by atoms with van der Waals surface area (Å²) >= 11 is 0.863. The van der Waals surface area contributed by atoms with Gasteiger partial charge in [-0.15, -0.1) is 0 Å². The van der Waals surface area contributed by atoms with E-state index < -0.39 is 29.1 Å². The normalized spacial score (nSPS) is 14.8. The van der Waals surface area contributed by atoms with Crippen molar-refractivity contribution in [2.24, 2.45) is 0 Å². The number of amides is 3. The van der Waals surface area contributed by atoms with Gasteiger partial charge < -0.3 is 25.6 Å². The molecule has 0 bridgehead atoms. The first-order chi connectivity index (χ1) is 18.7. The molecule has 3 amide bonds. The van der Waals surface area contributed by atoms with E-state index in [1.54, 1.807) is 12.1 Å². The summed E-state index contributed by atoms with van der Waals surface area (Å²) in [5.41, 5.74) is 0.787. The first-order valence-electron chi connectivity index (χ1n) is 12.6. The Bertz CT molecular complexity index is 1260. The van der Waals surface area contributed by atoms with Gasteiger partial charge in [-0.05, 0) is 60.7 Å². The van der Waals surface area contributed by atoms with Crippen LogP contribution in [0.5, 0.6) is 5.75 Å². The fourth-order valence-electron chi connectivity index (χ4n) is 4.02. The smallest absolute Gasteiger partial charge is 0.304 e. The predicted molar refractivity (Wildman–Crippen MR) is 146 cm³/mol. The van der Waals surface area contributed by atoms with Crippen LogP contribution in [0.3, 0.4) is 0 Å². The van der Waals surface area contributed by atoms with Crippen molar-refractivity contribution in [3.63, 3.8) is 0 Å². The van der Waals surface area contributed by atoms with Gasteiger partial charge in [-0.25, -0.2) is 0 Å². The molecule has 12 heteroatoms. The molecule has 5 N–H and O–H groups in total. The first kappa shape index (κ1) is 29.7. The Morgan fingerprint density at radius 1 is 0.974 bits per heavy atom. The average Bonchev–Trinajstić information content (AvgIpc) is 3.21. The number of aliphatic carboxylic acids is 2. The van der Waals surface area contributed by atoms with Crippen LogP contribution in [0, 0.1) is 0 Å². The second-order valence-corrected chi connectivity index (χ2v) is 9.90. The zero-order valence-electron chi connectivity index (χ0n) is 21.2. The van der Waals surface area contributed by atoms with Crippen LogP contribution in [0.15, 0.2) is 41.3 Å². The number of ether oxygens (including phenoxy) is 1. The molecule has 2 aromatic rings. The minimum atomic E-state index is -0.996. The monoisotopic (exact) mass is 557 g/mol. The van der Waals surface area contributed by atoms with Crippen LogP contribution < -0.4 is 20.7 Å². The fourth-order valence-corrected chi connectivity index (χ4v) is 4.69. The van der Waals surface area contributed by atoms with Crippen molar-refractivity contribution in [1.82, 2.24) is 16.0 Å². The molecule has 0 aliphatic carbocycles. The number of carbonyl (C=O) groups is 5. The third-order valence-electron chi connectivity index (χ3n) is 5.89. The number of imide groups is 1. The van der Waals surface area contributed by atoms with Crippen molar-refractivity contribution in [2.75, 3.05) is 19.7 Å². The SMILES string of the molecule is O=C(O)CCC(CC(=O)O)NCCCNC(=O)CCCOc1ccc(/C=C2\SC(=O)NC2=O)c2ccccc12. The maximum absolute atomic E-state index is 12.2. The van der Waals surface area contributed by atoms with Crippen LogP contribution in [0.2, 0.25) is 0 Å². The van der Waals surface area contributed by atoms with E-state index in [1.165, 1.54) is 0 Å². The number of carboxylic acid groups (broad SMARTS) is 2. The van der Waals surface area contributed by atoms with E-state index in [2.05, 4.69) is 16.0 Å². The number of carboxylic acids is 2. The molecule has 11 nitrogen and oxygen atoms in total. The minimum absolute atomic E-state index is 0.109. The van der Waals surface area contributed by atoms with Crippen molar-refractivity contribution in [3.8, 4) is 5.75 Å². The number of benzene rings is 2. The highest BCUT2D eigenvalue weighted by molar-refractivity contribution is 8.18. The number of thioether (sulfide) groups is 1. The van der Waals surface area contributed by atoms with Gasteiger partial charge in [0.1, 0.15) is 5.75 Å². The molecule has 1 heterocycles. The van der Waals surface area contributed by atoms with Crippen molar-refractivity contribution in [1.29, 1.82) is 0 Å². The minimum Gasteiger partial charge on any atom is -0.493 e. The number of carbonyl (C=O) groups excluding carboxylic acids is 3. The second-order valence-electron chi connectivity index (χ2n) is 8.89. The van der Waals surface area contributed by atoms with Crippen molar-refractivity contribution < 1.29 is 38.9 Å². The van der Waals surface area contributed by atoms with Gasteiger partial charge in [-0.2, -0.15) is 0 Å². The van der Waals surface area contributed by atoms with Crippen molar-refractivity contribution in [2.45, 2.75) is 44.6 Å². The van der Waals surface area contributed by atoms with E-state index in [0.717, 1.165) is 28.1 Å². The Balaban J connectivity index is 1.40. The summed E-state index contributed by atoms with van der Waals surface area (Å²) in [4.78, 5) is 57.5. The largest absolute Gasteiger partial charge is 0.493 e. The van der Waals surface area contributed by atoms with E-state index in [9.17, 15) is 24.0 Å². The molecule has 0 radical (unpaired) electrons. The number of hydrogen-bond donors (Lipinski definition) is 5. The van der Waals surface area contributed by atoms with Gasteiger partial charge in [0, 0.05) is 30.8 Å². The van der Waals surface area contributed by atoms with Crippen LogP contribution in [-0.2, 0) is 19.2 Å². The molecule has 1 unspecified atom stereocenters. The molecule has 1 fully saturated rings. The quantitative estimate of drug-likeness (QED) is 0.153. The lowest BCUT2D eigenvalue weighted by molar-refractivity contribution is -0.139. The molecule has 1 saturated heterocycles. The third kappa shape index (κ3) is 9.73. The zero-order valence-corrected chi connectivity index (χ0v) is 22.1. The van der Waals surface area contributed by atoms with E-state index in [0.29, 0.717) is 43.2 Å². The molecule has 2 aromatic carbocycles. The Labute approximate surface area is 229 Å². The summed E-state index contributed by atoms with van der Waals surface area (Å²) in [6, 6.07) is 10.8. The lowest BCUT2D eigenvalue weighted by atomic mass is 10.0. The fraction of sp³-hybridized carbons (Fsp3) is 0.370. The average molecular weight is 558 g/mol. The molecular formula is C27H31N3O8S. The lowest BCUT2D eigenvalue weighted by Gasteiger charge is -2.16. The summed E-state index contributed by atoms with van der Waals surface area (Å²) < 4.78 is 5.93. The summed E-state index contributed by atoms with van der Waals surface area (Å²) in [6.45, 7) is 1.20. The van der Waals surface area contributed by atoms with Gasteiger partial charge in [0.05, 0.1) is 17.9 Å². The molecule has 39 heavy (non-hydrogen) atoms. The maximum atomic E-state index is 12.2. The zero-order chi connectivity index (χ0) is 28.2. The number of fused-ring (bicyclic) bond motifs is 1. The van der Waals surface area contributed by atoms with E-state index in [-0.39, 0.29) is 31.6 Å². The number of rotatable bonds is 16. The molecule has 1 aliphatic rings. The first-order valence-corrected chi connectivity index (χ1v) is 13.4. The van der Waals surface area contributed by atoms with Crippen LogP contribution in [0.1, 0.15) is 44.1 Å². The van der Waals surface area contributed by atoms with E-state index in [1.807, 2.05) is 30.3 Å². The van der Waals surface area contributed by atoms with E-state index in [4.69, 9.17) is 14.9 Å². The molecule has 1 atom stereocenters. The van der Waals surface area contributed by atoms with E-state index >= 15 is 0 Å². The molecule has 0 saturated carbocycles. The lowest BCUT2D eigenvalue weighted by Crippen LogP contribution is -2.34. The van der Waals surface area contributed by atoms with Gasteiger partial charge in [-0.1, -0.05) is 30.3 Å². The van der Waals surface area contributed by atoms with Crippen molar-refractivity contribution >= 4 is 57.6 Å². The van der Waals surface area contributed by atoms with Gasteiger partial charge in [0.25, 0.3) is 11.1 Å². The highest BCUT2D eigenvalue weighted by Crippen LogP contribution is 2.32. The molecule has 1 aliphatic heterocycles. The highest BCUT2D eigenvalue weighted by Gasteiger charge is 2.25. The Kier molecular flexibility index (Phi) is 11.3. The van der Waals surface area contributed by atoms with Gasteiger partial charge >= 0.3 is 11.9 Å². The Hall–Kier alpha value is -3.90. The summed E-state index contributed by atoms with van der Waals surface area (Å²) in [7, 11) is 0. The van der Waals surface area contributed by atoms with Crippen LogP contribution >= 0.6 is 11.8 Å². The third-order valence-corrected chi connectivity index (χ3v) is 6.70. The van der Waals surface area contributed by atoms with Crippen LogP contribution in [-0.4, -0.2) is 64.9 Å². The molecule has 208 valence electrons. The molecule has 0 aromatic heterocycles. The maximum Gasteiger partial charge on any atom is 0.304 e. The topological polar surface area (TPSA) is 171 Å². The second kappa shape index (κ2) is 14.9. The Morgan fingerprint density at radius 3 is 2.44 bits per heavy atom. The van der Waals surface area contributed by atoms with Gasteiger partial charge in [-0.3, -0.25) is 29.3 Å². The van der Waals surface area contributed by atoms with Crippen LogP contribution in [0.25, 0.3) is 16.8 Å². The summed E-state index contributed by atoms with van der Waals surface area (Å²) in [5.74, 6) is -1.86. The standard InChI is InChI=1S/C27H31N3O8S/c31-23(29-13-4-12-28-18(16-25(34)35)9-11-24(32)33)7-3-14-38-21-10-8-17(19-5-1-2-6-20(19)21)15-22-26(36)30-27(37)39-22/h1-2,5-6,8,10,15,18,28H,3-4,7,9,11-14,16H2,(H,29,31)(H,32,33)(H,34,35)(H,30,36,37)/b22-15-. The van der Waals surface area contributed by atoms with Gasteiger partial charge in [0.15, 0.2) is 0 Å². The molecule has 0 spiro atoms. The van der Waals surface area contributed by atoms with Gasteiger partial charge in [0.2, 0.25) is 5.91 Å². The van der Waals surface area contributed by atoms with Crippen LogP contribution in [0.4, 0.5) is 4.79 Å². The number of nitrogens with one attached hydrogen (secondary N) is 3.